The fourth-order valence-corrected chi connectivity index (χ4v) is 2.11. The third-order valence-electron chi connectivity index (χ3n) is 2.73. The Morgan fingerprint density at radius 2 is 1.85 bits per heavy atom. The van der Waals surface area contributed by atoms with Gasteiger partial charge in [0.15, 0.2) is 5.75 Å². The van der Waals surface area contributed by atoms with Crippen molar-refractivity contribution in [2.75, 3.05) is 5.32 Å². The molecule has 0 saturated heterocycles. The fraction of sp³-hybridized carbons (Fsp3) is 0.133. The van der Waals surface area contributed by atoms with Gasteiger partial charge >= 0.3 is 6.09 Å². The normalized spacial score (nSPS) is 10.2. The van der Waals surface area contributed by atoms with Crippen LogP contribution in [-0.4, -0.2) is 6.09 Å². The summed E-state index contributed by atoms with van der Waals surface area (Å²) in [5.74, 6) is 0.263. The minimum Gasteiger partial charge on any atom is -0.409 e. The molecule has 1 N–H and O–H groups in total. The highest BCUT2D eigenvalue weighted by molar-refractivity contribution is 6.35. The molecule has 0 aliphatic heterocycles. The van der Waals surface area contributed by atoms with Crippen LogP contribution in [0, 0.1) is 13.8 Å². The second-order valence-electron chi connectivity index (χ2n) is 4.41. The summed E-state index contributed by atoms with van der Waals surface area (Å²) in [6.45, 7) is 3.86. The minimum atomic E-state index is -0.595. The summed E-state index contributed by atoms with van der Waals surface area (Å²) in [6, 6.07) is 10.5. The van der Waals surface area contributed by atoms with E-state index >= 15 is 0 Å². The highest BCUT2D eigenvalue weighted by atomic mass is 35.5. The molecule has 0 saturated carbocycles. The van der Waals surface area contributed by atoms with Crippen molar-refractivity contribution in [3.63, 3.8) is 0 Å². The number of halogens is 2. The molecule has 2 rings (SSSR count). The topological polar surface area (TPSA) is 38.3 Å². The molecule has 1 amide bonds. The lowest BCUT2D eigenvalue weighted by atomic mass is 10.1. The lowest BCUT2D eigenvalue weighted by molar-refractivity contribution is 0.215. The van der Waals surface area contributed by atoms with E-state index in [0.717, 1.165) is 11.1 Å². The summed E-state index contributed by atoms with van der Waals surface area (Å²) < 4.78 is 5.16. The second kappa shape index (κ2) is 6.16. The van der Waals surface area contributed by atoms with E-state index in [1.54, 1.807) is 12.1 Å². The molecule has 104 valence electrons. The maximum absolute atomic E-state index is 11.9. The van der Waals surface area contributed by atoms with Gasteiger partial charge in [-0.2, -0.15) is 0 Å². The fourth-order valence-electron chi connectivity index (χ4n) is 1.66. The molecule has 0 spiro atoms. The number of carbonyl (C=O) groups is 1. The van der Waals surface area contributed by atoms with Crippen molar-refractivity contribution in [3.05, 3.63) is 57.6 Å². The number of hydrogen-bond donors (Lipinski definition) is 1. The maximum atomic E-state index is 11.9. The molecule has 20 heavy (non-hydrogen) atoms. The SMILES string of the molecule is Cc1ccc(C)c(NC(=O)Oc2ccc(Cl)cc2Cl)c1. The Hall–Kier alpha value is -1.71. The summed E-state index contributed by atoms with van der Waals surface area (Å²) in [5, 5.41) is 3.46. The zero-order chi connectivity index (χ0) is 14.7. The van der Waals surface area contributed by atoms with Crippen molar-refractivity contribution in [3.8, 4) is 5.75 Å². The standard InChI is InChI=1S/C15H13Cl2NO2/c1-9-3-4-10(2)13(7-9)18-15(19)20-14-6-5-11(16)8-12(14)17/h3-8H,1-2H3,(H,18,19). The highest BCUT2D eigenvalue weighted by Gasteiger charge is 2.10. The number of benzene rings is 2. The van der Waals surface area contributed by atoms with Gasteiger partial charge in [0.25, 0.3) is 0 Å². The number of ether oxygens (including phenoxy) is 1. The molecule has 0 fully saturated rings. The Morgan fingerprint density at radius 3 is 2.55 bits per heavy atom. The molecule has 0 aromatic heterocycles. The predicted molar refractivity (Wildman–Crippen MR) is 82.0 cm³/mol. The number of carbonyl (C=O) groups excluding carboxylic acids is 1. The van der Waals surface area contributed by atoms with E-state index in [1.165, 1.54) is 6.07 Å². The van der Waals surface area contributed by atoms with Gasteiger partial charge in [0.05, 0.1) is 5.02 Å². The number of rotatable bonds is 2. The van der Waals surface area contributed by atoms with Crippen molar-refractivity contribution in [1.29, 1.82) is 0 Å². The first-order valence-electron chi connectivity index (χ1n) is 5.97. The van der Waals surface area contributed by atoms with Crippen LogP contribution in [0.2, 0.25) is 10.0 Å². The zero-order valence-electron chi connectivity index (χ0n) is 11.0. The first-order valence-corrected chi connectivity index (χ1v) is 6.72. The smallest absolute Gasteiger partial charge is 0.409 e. The Kier molecular flexibility index (Phi) is 4.53. The molecule has 0 atom stereocenters. The van der Waals surface area contributed by atoms with Gasteiger partial charge in [-0.3, -0.25) is 5.32 Å². The van der Waals surface area contributed by atoms with Crippen molar-refractivity contribution in [1.82, 2.24) is 0 Å². The Morgan fingerprint density at radius 1 is 1.10 bits per heavy atom. The molecule has 0 aliphatic carbocycles. The summed E-state index contributed by atoms with van der Waals surface area (Å²) in [4.78, 5) is 11.9. The quantitative estimate of drug-likeness (QED) is 0.825. The second-order valence-corrected chi connectivity index (χ2v) is 5.25. The van der Waals surface area contributed by atoms with Gasteiger partial charge in [-0.1, -0.05) is 35.3 Å². The molecule has 5 heteroatoms. The van der Waals surface area contributed by atoms with Gasteiger partial charge in [0, 0.05) is 10.7 Å². The van der Waals surface area contributed by atoms with Crippen LogP contribution in [0.4, 0.5) is 10.5 Å². The van der Waals surface area contributed by atoms with Crippen LogP contribution in [-0.2, 0) is 0 Å². The number of amides is 1. The van der Waals surface area contributed by atoms with E-state index in [0.29, 0.717) is 10.7 Å². The Labute approximate surface area is 127 Å². The summed E-state index contributed by atoms with van der Waals surface area (Å²) in [7, 11) is 0. The molecular formula is C15H13Cl2NO2. The average molecular weight is 310 g/mol. The van der Waals surface area contributed by atoms with Gasteiger partial charge in [0.2, 0.25) is 0 Å². The molecule has 0 radical (unpaired) electrons. The van der Waals surface area contributed by atoms with Crippen LogP contribution in [0.25, 0.3) is 0 Å². The first kappa shape index (κ1) is 14.7. The Bertz CT molecular complexity index is 656. The first-order chi connectivity index (χ1) is 9.45. The van der Waals surface area contributed by atoms with Crippen LogP contribution in [0.15, 0.2) is 36.4 Å². The number of nitrogens with one attached hydrogen (secondary N) is 1. The lowest BCUT2D eigenvalue weighted by Crippen LogP contribution is -2.17. The van der Waals surface area contributed by atoms with Gasteiger partial charge in [-0.15, -0.1) is 0 Å². The van der Waals surface area contributed by atoms with Gasteiger partial charge < -0.3 is 4.74 Å². The van der Waals surface area contributed by atoms with Crippen LogP contribution in [0.1, 0.15) is 11.1 Å². The largest absolute Gasteiger partial charge is 0.417 e. The molecule has 0 unspecified atom stereocenters. The number of anilines is 1. The predicted octanol–water partition coefficient (Wildman–Crippen LogP) is 5.22. The lowest BCUT2D eigenvalue weighted by Gasteiger charge is -2.10. The van der Waals surface area contributed by atoms with E-state index in [9.17, 15) is 4.79 Å². The van der Waals surface area contributed by atoms with Gasteiger partial charge in [0.1, 0.15) is 0 Å². The van der Waals surface area contributed by atoms with Crippen molar-refractivity contribution in [2.24, 2.45) is 0 Å². The van der Waals surface area contributed by atoms with E-state index in [-0.39, 0.29) is 10.8 Å². The average Bonchev–Trinajstić information content (AvgIpc) is 2.37. The van der Waals surface area contributed by atoms with Crippen molar-refractivity contribution in [2.45, 2.75) is 13.8 Å². The molecule has 0 heterocycles. The highest BCUT2D eigenvalue weighted by Crippen LogP contribution is 2.28. The molecule has 0 aliphatic rings. The monoisotopic (exact) mass is 309 g/mol. The third kappa shape index (κ3) is 3.65. The van der Waals surface area contributed by atoms with E-state index in [2.05, 4.69) is 5.32 Å². The van der Waals surface area contributed by atoms with Crippen molar-refractivity contribution < 1.29 is 9.53 Å². The van der Waals surface area contributed by atoms with Crippen molar-refractivity contribution >= 4 is 35.0 Å². The summed E-state index contributed by atoms with van der Waals surface area (Å²) in [6.07, 6.45) is -0.595. The number of aryl methyl sites for hydroxylation is 2. The van der Waals surface area contributed by atoms with E-state index in [1.807, 2.05) is 32.0 Å². The van der Waals surface area contributed by atoms with Gasteiger partial charge in [-0.05, 0) is 49.2 Å². The number of hydrogen-bond acceptors (Lipinski definition) is 2. The van der Waals surface area contributed by atoms with Crippen LogP contribution in [0.3, 0.4) is 0 Å². The summed E-state index contributed by atoms with van der Waals surface area (Å²) >= 11 is 11.7. The van der Waals surface area contributed by atoms with Crippen LogP contribution in [0.5, 0.6) is 5.75 Å². The molecule has 2 aromatic carbocycles. The van der Waals surface area contributed by atoms with Gasteiger partial charge in [-0.25, -0.2) is 4.79 Å². The van der Waals surface area contributed by atoms with E-state index in [4.69, 9.17) is 27.9 Å². The Balaban J connectivity index is 2.11. The minimum absolute atomic E-state index is 0.263. The maximum Gasteiger partial charge on any atom is 0.417 e. The molecular weight excluding hydrogens is 297 g/mol. The van der Waals surface area contributed by atoms with Crippen LogP contribution >= 0.6 is 23.2 Å². The molecule has 2 aromatic rings. The molecule has 3 nitrogen and oxygen atoms in total. The summed E-state index contributed by atoms with van der Waals surface area (Å²) in [5.41, 5.74) is 2.71. The zero-order valence-corrected chi connectivity index (χ0v) is 12.5. The molecule has 0 bridgehead atoms. The third-order valence-corrected chi connectivity index (χ3v) is 3.26. The van der Waals surface area contributed by atoms with E-state index < -0.39 is 6.09 Å². The van der Waals surface area contributed by atoms with Crippen LogP contribution < -0.4 is 10.1 Å².